The van der Waals surface area contributed by atoms with Crippen LogP contribution in [-0.2, 0) is 4.74 Å². The maximum Gasteiger partial charge on any atom is 0.254 e. The van der Waals surface area contributed by atoms with E-state index in [9.17, 15) is 9.90 Å². The average Bonchev–Trinajstić information content (AvgIpc) is 2.38. The summed E-state index contributed by atoms with van der Waals surface area (Å²) in [5.74, 6) is 0.758. The molecule has 0 spiro atoms. The van der Waals surface area contributed by atoms with Crippen molar-refractivity contribution >= 4 is 5.91 Å². The van der Waals surface area contributed by atoms with E-state index in [4.69, 9.17) is 4.74 Å². The van der Waals surface area contributed by atoms with E-state index in [-0.39, 0.29) is 17.7 Å². The molecule has 1 saturated heterocycles. The number of nitrogens with zero attached hydrogens (tertiary/aromatic N) is 1. The highest BCUT2D eigenvalue weighted by Gasteiger charge is 2.29. The first-order chi connectivity index (χ1) is 9.49. The zero-order chi connectivity index (χ0) is 14.7. The van der Waals surface area contributed by atoms with Gasteiger partial charge in [0.05, 0.1) is 19.3 Å². The molecular weight excluding hydrogens is 254 g/mol. The molecule has 1 N–H and O–H groups in total. The minimum atomic E-state index is 0.0384. The van der Waals surface area contributed by atoms with Crippen LogP contribution in [0.5, 0.6) is 5.75 Å². The summed E-state index contributed by atoms with van der Waals surface area (Å²) < 4.78 is 5.51. The number of aromatic hydroxyl groups is 1. The van der Waals surface area contributed by atoms with Gasteiger partial charge in [-0.05, 0) is 43.0 Å². The van der Waals surface area contributed by atoms with Gasteiger partial charge < -0.3 is 14.7 Å². The third-order valence-corrected chi connectivity index (χ3v) is 3.67. The van der Waals surface area contributed by atoms with Gasteiger partial charge in [0.2, 0.25) is 0 Å². The molecule has 0 saturated carbocycles. The van der Waals surface area contributed by atoms with Crippen LogP contribution in [0.2, 0.25) is 0 Å². The second-order valence-electron chi connectivity index (χ2n) is 5.86. The summed E-state index contributed by atoms with van der Waals surface area (Å²) >= 11 is 0. The molecule has 4 heteroatoms. The topological polar surface area (TPSA) is 49.8 Å². The van der Waals surface area contributed by atoms with E-state index in [1.54, 1.807) is 18.2 Å². The summed E-state index contributed by atoms with van der Waals surface area (Å²) in [4.78, 5) is 14.6. The molecule has 1 atom stereocenters. The largest absolute Gasteiger partial charge is 0.508 e. The number of amides is 1. The quantitative estimate of drug-likeness (QED) is 0.924. The summed E-state index contributed by atoms with van der Waals surface area (Å²) in [5, 5.41) is 9.46. The van der Waals surface area contributed by atoms with Crippen LogP contribution < -0.4 is 0 Å². The lowest BCUT2D eigenvalue weighted by atomic mass is 10.00. The third kappa shape index (κ3) is 3.31. The minimum absolute atomic E-state index is 0.0384. The van der Waals surface area contributed by atoms with Crippen LogP contribution in [0.1, 0.15) is 36.2 Å². The third-order valence-electron chi connectivity index (χ3n) is 3.67. The maximum atomic E-state index is 12.7. The van der Waals surface area contributed by atoms with E-state index >= 15 is 0 Å². The van der Waals surface area contributed by atoms with E-state index in [1.165, 1.54) is 0 Å². The number of hydrogen-bond acceptors (Lipinski definition) is 3. The van der Waals surface area contributed by atoms with Gasteiger partial charge in [-0.3, -0.25) is 4.79 Å². The first-order valence-corrected chi connectivity index (χ1v) is 7.17. The summed E-state index contributed by atoms with van der Waals surface area (Å²) in [5.41, 5.74) is 1.48. The molecular formula is C16H23NO3. The first kappa shape index (κ1) is 14.9. The van der Waals surface area contributed by atoms with Crippen LogP contribution in [-0.4, -0.2) is 41.7 Å². The Hall–Kier alpha value is -1.55. The Bertz CT molecular complexity index is 485. The number of phenols is 1. The Morgan fingerprint density at radius 2 is 2.25 bits per heavy atom. The average molecular weight is 277 g/mol. The van der Waals surface area contributed by atoms with E-state index < -0.39 is 0 Å². The SMILES string of the molecule is Cc1cc(O)ccc1C(=O)N1CCOC[C@H]1CC(C)C. The molecule has 1 aromatic rings. The Balaban J connectivity index is 2.20. The lowest BCUT2D eigenvalue weighted by Crippen LogP contribution is -2.49. The zero-order valence-corrected chi connectivity index (χ0v) is 12.4. The van der Waals surface area contributed by atoms with Gasteiger partial charge in [0.15, 0.2) is 0 Å². The normalized spacial score (nSPS) is 19.4. The lowest BCUT2D eigenvalue weighted by Gasteiger charge is -2.37. The monoisotopic (exact) mass is 277 g/mol. The van der Waals surface area contributed by atoms with Gasteiger partial charge in [-0.25, -0.2) is 0 Å². The Morgan fingerprint density at radius 3 is 2.90 bits per heavy atom. The Labute approximate surface area is 120 Å². The number of carbonyl (C=O) groups excluding carboxylic acids is 1. The van der Waals surface area contributed by atoms with Crippen molar-refractivity contribution in [1.82, 2.24) is 4.90 Å². The number of aryl methyl sites for hydroxylation is 1. The van der Waals surface area contributed by atoms with E-state index in [1.807, 2.05) is 11.8 Å². The molecule has 1 aliphatic rings. The van der Waals surface area contributed by atoms with Gasteiger partial charge in [0, 0.05) is 12.1 Å². The first-order valence-electron chi connectivity index (χ1n) is 7.17. The highest BCUT2D eigenvalue weighted by Crippen LogP contribution is 2.22. The van der Waals surface area contributed by atoms with Crippen LogP contribution in [0, 0.1) is 12.8 Å². The molecule has 1 aliphatic heterocycles. The molecule has 1 amide bonds. The van der Waals surface area contributed by atoms with Crippen LogP contribution in [0.4, 0.5) is 0 Å². The Morgan fingerprint density at radius 1 is 1.50 bits per heavy atom. The van der Waals surface area contributed by atoms with Gasteiger partial charge in [0.1, 0.15) is 5.75 Å². The van der Waals surface area contributed by atoms with Crippen LogP contribution >= 0.6 is 0 Å². The summed E-state index contributed by atoms with van der Waals surface area (Å²) in [6.07, 6.45) is 0.947. The molecule has 20 heavy (non-hydrogen) atoms. The van der Waals surface area contributed by atoms with Crippen molar-refractivity contribution in [3.05, 3.63) is 29.3 Å². The van der Waals surface area contributed by atoms with E-state index in [0.29, 0.717) is 31.2 Å². The smallest absolute Gasteiger partial charge is 0.254 e. The molecule has 0 aliphatic carbocycles. The number of ether oxygens (including phenoxy) is 1. The molecule has 1 heterocycles. The van der Waals surface area contributed by atoms with Crippen LogP contribution in [0.3, 0.4) is 0 Å². The second kappa shape index (κ2) is 6.27. The van der Waals surface area contributed by atoms with Crippen molar-refractivity contribution in [2.45, 2.75) is 33.2 Å². The molecule has 0 bridgehead atoms. The number of phenolic OH excluding ortho intramolecular Hbond substituents is 1. The maximum absolute atomic E-state index is 12.7. The Kier molecular flexibility index (Phi) is 4.65. The molecule has 110 valence electrons. The van der Waals surface area contributed by atoms with Gasteiger partial charge >= 0.3 is 0 Å². The number of hydrogen-bond donors (Lipinski definition) is 1. The molecule has 0 radical (unpaired) electrons. The van der Waals surface area contributed by atoms with Crippen LogP contribution in [0.25, 0.3) is 0 Å². The fourth-order valence-electron chi connectivity index (χ4n) is 2.70. The highest BCUT2D eigenvalue weighted by atomic mass is 16.5. The summed E-state index contributed by atoms with van der Waals surface area (Å²) in [7, 11) is 0. The summed E-state index contributed by atoms with van der Waals surface area (Å²) in [6, 6.07) is 5.04. The molecule has 4 nitrogen and oxygen atoms in total. The minimum Gasteiger partial charge on any atom is -0.508 e. The molecule has 1 aromatic carbocycles. The van der Waals surface area contributed by atoms with Gasteiger partial charge in [-0.1, -0.05) is 13.8 Å². The lowest BCUT2D eigenvalue weighted by molar-refractivity contribution is -0.00750. The van der Waals surface area contributed by atoms with E-state index in [2.05, 4.69) is 13.8 Å². The number of carbonyl (C=O) groups is 1. The predicted octanol–water partition coefficient (Wildman–Crippen LogP) is 2.59. The van der Waals surface area contributed by atoms with Crippen molar-refractivity contribution in [2.75, 3.05) is 19.8 Å². The second-order valence-corrected chi connectivity index (χ2v) is 5.86. The molecule has 0 unspecified atom stereocenters. The van der Waals surface area contributed by atoms with Crippen molar-refractivity contribution in [2.24, 2.45) is 5.92 Å². The fourth-order valence-corrected chi connectivity index (χ4v) is 2.70. The van der Waals surface area contributed by atoms with Crippen molar-refractivity contribution < 1.29 is 14.6 Å². The standard InChI is InChI=1S/C16H23NO3/c1-11(2)8-13-10-20-7-6-17(13)16(19)15-5-4-14(18)9-12(15)3/h4-5,9,11,13,18H,6-8,10H2,1-3H3/t13-/m1/s1. The number of benzene rings is 1. The van der Waals surface area contributed by atoms with Crippen LogP contribution in [0.15, 0.2) is 18.2 Å². The van der Waals surface area contributed by atoms with Crippen molar-refractivity contribution in [1.29, 1.82) is 0 Å². The van der Waals surface area contributed by atoms with Gasteiger partial charge in [-0.15, -0.1) is 0 Å². The molecule has 2 rings (SSSR count). The summed E-state index contributed by atoms with van der Waals surface area (Å²) in [6.45, 7) is 8.01. The van der Waals surface area contributed by atoms with E-state index in [0.717, 1.165) is 12.0 Å². The molecule has 0 aromatic heterocycles. The highest BCUT2D eigenvalue weighted by molar-refractivity contribution is 5.96. The number of rotatable bonds is 3. The van der Waals surface area contributed by atoms with Gasteiger partial charge in [0.25, 0.3) is 5.91 Å². The van der Waals surface area contributed by atoms with Gasteiger partial charge in [-0.2, -0.15) is 0 Å². The van der Waals surface area contributed by atoms with Crippen molar-refractivity contribution in [3.63, 3.8) is 0 Å². The van der Waals surface area contributed by atoms with Crippen molar-refractivity contribution in [3.8, 4) is 5.75 Å². The fraction of sp³-hybridized carbons (Fsp3) is 0.562. The predicted molar refractivity (Wildman–Crippen MR) is 77.9 cm³/mol. The zero-order valence-electron chi connectivity index (χ0n) is 12.4. The molecule has 1 fully saturated rings. The number of morpholine rings is 1.